The van der Waals surface area contributed by atoms with Gasteiger partial charge in [0, 0.05) is 12.6 Å². The monoisotopic (exact) mass is 297 g/mol. The number of sulfonamides is 1. The van der Waals surface area contributed by atoms with E-state index in [1.54, 1.807) is 45.0 Å². The second-order valence-electron chi connectivity index (χ2n) is 5.35. The molecule has 1 aromatic carbocycles. The lowest BCUT2D eigenvalue weighted by atomic mass is 10.1. The summed E-state index contributed by atoms with van der Waals surface area (Å²) < 4.78 is 25.5. The third kappa shape index (κ3) is 4.79. The first-order chi connectivity index (χ1) is 9.12. The first kappa shape index (κ1) is 16.4. The highest BCUT2D eigenvalue weighted by atomic mass is 32.2. The largest absolute Gasteiger partial charge is 0.478 e. The Balaban J connectivity index is 2.80. The van der Waals surface area contributed by atoms with Gasteiger partial charge < -0.3 is 5.11 Å². The van der Waals surface area contributed by atoms with E-state index in [4.69, 9.17) is 5.11 Å². The molecule has 0 spiro atoms. The summed E-state index contributed by atoms with van der Waals surface area (Å²) >= 11 is 0. The second-order valence-corrected chi connectivity index (χ2v) is 7.87. The van der Waals surface area contributed by atoms with Crippen LogP contribution in [0.25, 0.3) is 6.08 Å². The van der Waals surface area contributed by atoms with E-state index in [9.17, 15) is 13.2 Å². The zero-order valence-electron chi connectivity index (χ0n) is 11.8. The highest BCUT2D eigenvalue weighted by Crippen LogP contribution is 2.14. The minimum atomic E-state index is -3.40. The molecule has 0 aromatic heterocycles. The van der Waals surface area contributed by atoms with E-state index in [-0.39, 0.29) is 6.54 Å². The minimum absolute atomic E-state index is 0.175. The van der Waals surface area contributed by atoms with E-state index >= 15 is 0 Å². The van der Waals surface area contributed by atoms with Crippen LogP contribution in [0.15, 0.2) is 30.3 Å². The molecule has 0 unspecified atom stereocenters. The molecule has 0 atom stereocenters. The first-order valence-electron chi connectivity index (χ1n) is 6.11. The zero-order chi connectivity index (χ0) is 15.4. The Hall–Kier alpha value is -1.66. The Kier molecular flexibility index (Phi) is 5.08. The van der Waals surface area contributed by atoms with Gasteiger partial charge in [0.1, 0.15) is 0 Å². The van der Waals surface area contributed by atoms with E-state index in [2.05, 4.69) is 4.72 Å². The number of hydrogen-bond acceptors (Lipinski definition) is 3. The summed E-state index contributed by atoms with van der Waals surface area (Å²) in [7, 11) is -3.40. The average molecular weight is 297 g/mol. The average Bonchev–Trinajstić information content (AvgIpc) is 2.33. The molecule has 0 aliphatic rings. The molecule has 0 aliphatic carbocycles. The quantitative estimate of drug-likeness (QED) is 0.814. The van der Waals surface area contributed by atoms with E-state index in [0.717, 1.165) is 11.6 Å². The van der Waals surface area contributed by atoms with E-state index in [1.165, 1.54) is 6.08 Å². The first-order valence-corrected chi connectivity index (χ1v) is 7.59. The van der Waals surface area contributed by atoms with Gasteiger partial charge in [-0.05, 0) is 38.0 Å². The molecule has 110 valence electrons. The van der Waals surface area contributed by atoms with Gasteiger partial charge in [-0.3, -0.25) is 0 Å². The van der Waals surface area contributed by atoms with Gasteiger partial charge in [-0.15, -0.1) is 0 Å². The van der Waals surface area contributed by atoms with Crippen molar-refractivity contribution in [3.05, 3.63) is 41.5 Å². The maximum atomic E-state index is 11.9. The topological polar surface area (TPSA) is 83.5 Å². The van der Waals surface area contributed by atoms with Crippen molar-refractivity contribution in [1.82, 2.24) is 4.72 Å². The molecule has 0 aliphatic heterocycles. The number of carboxylic acids is 1. The predicted octanol–water partition coefficient (Wildman–Crippen LogP) is 2.00. The predicted molar refractivity (Wildman–Crippen MR) is 78.6 cm³/mol. The summed E-state index contributed by atoms with van der Waals surface area (Å²) in [5, 5.41) is 8.57. The standard InChI is InChI=1S/C14H19NO4S/c1-14(2,3)20(18,19)15-10-12-6-4-5-11(9-12)7-8-13(16)17/h4-9,15H,10H2,1-3H3,(H,16,17). The van der Waals surface area contributed by atoms with E-state index in [0.29, 0.717) is 5.56 Å². The molecular formula is C14H19NO4S. The normalized spacial score (nSPS) is 12.8. The molecule has 2 N–H and O–H groups in total. The molecule has 1 aromatic rings. The number of hydrogen-bond donors (Lipinski definition) is 2. The van der Waals surface area contributed by atoms with Crippen molar-refractivity contribution < 1.29 is 18.3 Å². The van der Waals surface area contributed by atoms with Gasteiger partial charge in [0.2, 0.25) is 10.0 Å². The third-order valence-electron chi connectivity index (χ3n) is 2.64. The molecular weight excluding hydrogens is 278 g/mol. The lowest BCUT2D eigenvalue weighted by molar-refractivity contribution is -0.131. The van der Waals surface area contributed by atoms with Crippen LogP contribution in [0.1, 0.15) is 31.9 Å². The third-order valence-corrected chi connectivity index (χ3v) is 4.78. The lowest BCUT2D eigenvalue weighted by Crippen LogP contribution is -2.38. The molecule has 0 heterocycles. The van der Waals surface area contributed by atoms with Crippen molar-refractivity contribution in [2.75, 3.05) is 0 Å². The van der Waals surface area contributed by atoms with Crippen molar-refractivity contribution >= 4 is 22.1 Å². The number of benzene rings is 1. The summed E-state index contributed by atoms with van der Waals surface area (Å²) in [6, 6.07) is 7.03. The van der Waals surface area contributed by atoms with Crippen LogP contribution in [0.4, 0.5) is 0 Å². The summed E-state index contributed by atoms with van der Waals surface area (Å²) in [5.74, 6) is -1.02. The molecule has 1 rings (SSSR count). The fourth-order valence-corrected chi connectivity index (χ4v) is 2.16. The molecule has 0 amide bonds. The lowest BCUT2D eigenvalue weighted by Gasteiger charge is -2.19. The fourth-order valence-electron chi connectivity index (χ4n) is 1.37. The van der Waals surface area contributed by atoms with Crippen LogP contribution in [-0.4, -0.2) is 24.2 Å². The van der Waals surface area contributed by atoms with Crippen LogP contribution in [-0.2, 0) is 21.4 Å². The van der Waals surface area contributed by atoms with Crippen molar-refractivity contribution in [2.45, 2.75) is 32.1 Å². The minimum Gasteiger partial charge on any atom is -0.478 e. The smallest absolute Gasteiger partial charge is 0.328 e. The van der Waals surface area contributed by atoms with Crippen LogP contribution >= 0.6 is 0 Å². The molecule has 0 saturated carbocycles. The van der Waals surface area contributed by atoms with E-state index < -0.39 is 20.7 Å². The van der Waals surface area contributed by atoms with Gasteiger partial charge >= 0.3 is 5.97 Å². The van der Waals surface area contributed by atoms with Crippen LogP contribution in [0.2, 0.25) is 0 Å². The number of carbonyl (C=O) groups is 1. The molecule has 0 bridgehead atoms. The van der Waals surface area contributed by atoms with Crippen molar-refractivity contribution in [1.29, 1.82) is 0 Å². The van der Waals surface area contributed by atoms with E-state index in [1.807, 2.05) is 0 Å². The van der Waals surface area contributed by atoms with Crippen LogP contribution in [0.3, 0.4) is 0 Å². The number of rotatable bonds is 5. The molecule has 0 fully saturated rings. The zero-order valence-corrected chi connectivity index (χ0v) is 12.6. The van der Waals surface area contributed by atoms with Crippen molar-refractivity contribution in [3.8, 4) is 0 Å². The van der Waals surface area contributed by atoms with Gasteiger partial charge in [-0.1, -0.05) is 24.3 Å². The fraction of sp³-hybridized carbons (Fsp3) is 0.357. The Morgan fingerprint density at radius 3 is 2.55 bits per heavy atom. The van der Waals surface area contributed by atoms with Gasteiger partial charge in [-0.2, -0.15) is 0 Å². The SMILES string of the molecule is CC(C)(C)S(=O)(=O)NCc1cccc(C=CC(=O)O)c1. The summed E-state index contributed by atoms with van der Waals surface area (Å²) in [5.41, 5.74) is 1.48. The highest BCUT2D eigenvalue weighted by Gasteiger charge is 2.28. The number of aliphatic carboxylic acids is 1. The van der Waals surface area contributed by atoms with Gasteiger partial charge in [-0.25, -0.2) is 17.9 Å². The number of carboxylic acid groups (broad SMARTS) is 1. The molecule has 6 heteroatoms. The highest BCUT2D eigenvalue weighted by molar-refractivity contribution is 7.90. The molecule has 5 nitrogen and oxygen atoms in total. The Labute approximate surface area is 119 Å². The van der Waals surface area contributed by atoms with Gasteiger partial charge in [0.05, 0.1) is 4.75 Å². The maximum Gasteiger partial charge on any atom is 0.328 e. The summed E-state index contributed by atoms with van der Waals surface area (Å²) in [6.45, 7) is 5.05. The Morgan fingerprint density at radius 2 is 2.00 bits per heavy atom. The summed E-state index contributed by atoms with van der Waals surface area (Å²) in [6.07, 6.45) is 2.50. The van der Waals surface area contributed by atoms with Gasteiger partial charge in [0.15, 0.2) is 0 Å². The molecule has 20 heavy (non-hydrogen) atoms. The van der Waals surface area contributed by atoms with Crippen LogP contribution in [0, 0.1) is 0 Å². The van der Waals surface area contributed by atoms with Crippen LogP contribution < -0.4 is 4.72 Å². The molecule has 0 saturated heterocycles. The van der Waals surface area contributed by atoms with Gasteiger partial charge in [0.25, 0.3) is 0 Å². The number of nitrogens with one attached hydrogen (secondary N) is 1. The van der Waals surface area contributed by atoms with Crippen molar-refractivity contribution in [2.24, 2.45) is 0 Å². The van der Waals surface area contributed by atoms with Crippen molar-refractivity contribution in [3.63, 3.8) is 0 Å². The Bertz CT molecular complexity index is 612. The summed E-state index contributed by atoms with van der Waals surface area (Å²) in [4.78, 5) is 10.4. The Morgan fingerprint density at radius 1 is 1.35 bits per heavy atom. The van der Waals surface area contributed by atoms with Crippen LogP contribution in [0.5, 0.6) is 0 Å². The molecule has 0 radical (unpaired) electrons. The second kappa shape index (κ2) is 6.19. The maximum absolute atomic E-state index is 11.9.